The molecule has 1 aromatic rings. The Morgan fingerprint density at radius 1 is 1.00 bits per heavy atom. The molecule has 17 heavy (non-hydrogen) atoms. The molecular weight excluding hydrogens is 210 g/mol. The number of benzene rings is 1. The fraction of sp³-hybridized carbons (Fsp3) is 0.600. The topological polar surface area (TPSA) is 21.3 Å². The van der Waals surface area contributed by atoms with Crippen LogP contribution in [0.15, 0.2) is 30.3 Å². The van der Waals surface area contributed by atoms with E-state index in [1.807, 2.05) is 0 Å². The molecule has 0 bridgehead atoms. The minimum absolute atomic E-state index is 0.292. The van der Waals surface area contributed by atoms with E-state index in [0.717, 1.165) is 12.5 Å². The fourth-order valence-corrected chi connectivity index (χ4v) is 3.08. The van der Waals surface area contributed by atoms with Crippen LogP contribution in [0.5, 0.6) is 0 Å². The molecule has 1 saturated heterocycles. The summed E-state index contributed by atoms with van der Waals surface area (Å²) in [6, 6.07) is 11.0. The lowest BCUT2D eigenvalue weighted by Crippen LogP contribution is -2.34. The van der Waals surface area contributed by atoms with Crippen LogP contribution in [0.4, 0.5) is 0 Å². The normalized spacial score (nSPS) is 30.6. The molecular formula is C15H21NO. The quantitative estimate of drug-likeness (QED) is 0.843. The highest BCUT2D eigenvalue weighted by atomic mass is 16.5. The van der Waals surface area contributed by atoms with Gasteiger partial charge in [-0.25, -0.2) is 0 Å². The Labute approximate surface area is 103 Å². The lowest BCUT2D eigenvalue weighted by atomic mass is 9.88. The predicted octanol–water partition coefficient (Wildman–Crippen LogP) is 3.25. The van der Waals surface area contributed by atoms with Gasteiger partial charge in [-0.3, -0.25) is 5.32 Å². The van der Waals surface area contributed by atoms with Crippen molar-refractivity contribution in [1.29, 1.82) is 0 Å². The average Bonchev–Trinajstić information content (AvgIpc) is 2.90. The molecule has 3 rings (SSSR count). The molecule has 0 aromatic heterocycles. The largest absolute Gasteiger partial charge is 0.361 e. The summed E-state index contributed by atoms with van der Waals surface area (Å²) in [6.07, 6.45) is 7.12. The first-order valence-electron chi connectivity index (χ1n) is 6.86. The third-order valence-electron chi connectivity index (χ3n) is 4.09. The van der Waals surface area contributed by atoms with Crippen molar-refractivity contribution in [3.63, 3.8) is 0 Å². The minimum Gasteiger partial charge on any atom is -0.361 e. The summed E-state index contributed by atoms with van der Waals surface area (Å²) in [5, 5.41) is 3.65. The van der Waals surface area contributed by atoms with E-state index in [1.165, 1.54) is 37.7 Å². The van der Waals surface area contributed by atoms with Gasteiger partial charge in [0.25, 0.3) is 0 Å². The third-order valence-corrected chi connectivity index (χ3v) is 4.09. The number of hydrogen-bond acceptors (Lipinski definition) is 2. The Morgan fingerprint density at radius 3 is 2.53 bits per heavy atom. The average molecular weight is 231 g/mol. The Kier molecular flexibility index (Phi) is 3.44. The number of ether oxygens (including phenoxy) is 1. The molecule has 1 aliphatic heterocycles. The SMILES string of the molecule is c1ccc([C@@H]2COC(C3CCCCC3)N2)cc1. The molecule has 1 aromatic carbocycles. The summed E-state index contributed by atoms with van der Waals surface area (Å²) < 4.78 is 5.95. The van der Waals surface area contributed by atoms with Crippen LogP contribution in [0.25, 0.3) is 0 Å². The smallest absolute Gasteiger partial charge is 0.111 e. The molecule has 2 heteroatoms. The highest BCUT2D eigenvalue weighted by Crippen LogP contribution is 2.31. The van der Waals surface area contributed by atoms with E-state index in [2.05, 4.69) is 35.6 Å². The van der Waals surface area contributed by atoms with Crippen LogP contribution in [-0.4, -0.2) is 12.8 Å². The number of rotatable bonds is 2. The summed E-state index contributed by atoms with van der Waals surface area (Å²) in [5.41, 5.74) is 1.35. The van der Waals surface area contributed by atoms with Crippen molar-refractivity contribution in [2.45, 2.75) is 44.4 Å². The minimum atomic E-state index is 0.292. The van der Waals surface area contributed by atoms with Crippen molar-refractivity contribution in [2.24, 2.45) is 5.92 Å². The summed E-state index contributed by atoms with van der Waals surface area (Å²) in [5.74, 6) is 0.734. The second-order valence-corrected chi connectivity index (χ2v) is 5.28. The van der Waals surface area contributed by atoms with Crippen LogP contribution in [-0.2, 0) is 4.74 Å². The number of hydrogen-bond donors (Lipinski definition) is 1. The first-order valence-corrected chi connectivity index (χ1v) is 6.86. The van der Waals surface area contributed by atoms with E-state index in [0.29, 0.717) is 12.3 Å². The summed E-state index contributed by atoms with van der Waals surface area (Å²) in [4.78, 5) is 0. The first-order chi connectivity index (χ1) is 8.43. The van der Waals surface area contributed by atoms with Crippen molar-refractivity contribution in [2.75, 3.05) is 6.61 Å². The van der Waals surface area contributed by atoms with Crippen LogP contribution in [0.1, 0.15) is 43.7 Å². The molecule has 2 aliphatic rings. The fourth-order valence-electron chi connectivity index (χ4n) is 3.08. The molecule has 2 nitrogen and oxygen atoms in total. The Morgan fingerprint density at radius 2 is 1.76 bits per heavy atom. The highest BCUT2D eigenvalue weighted by molar-refractivity contribution is 5.19. The van der Waals surface area contributed by atoms with Crippen LogP contribution in [0.2, 0.25) is 0 Å². The zero-order valence-corrected chi connectivity index (χ0v) is 10.3. The van der Waals surface area contributed by atoms with Gasteiger partial charge in [0.2, 0.25) is 0 Å². The maximum Gasteiger partial charge on any atom is 0.111 e. The van der Waals surface area contributed by atoms with Gasteiger partial charge < -0.3 is 4.74 Å². The van der Waals surface area contributed by atoms with Gasteiger partial charge in [-0.1, -0.05) is 49.6 Å². The van der Waals surface area contributed by atoms with E-state index < -0.39 is 0 Å². The van der Waals surface area contributed by atoms with E-state index in [4.69, 9.17) is 4.74 Å². The Balaban J connectivity index is 1.61. The molecule has 0 radical (unpaired) electrons. The van der Waals surface area contributed by atoms with E-state index in [1.54, 1.807) is 0 Å². The van der Waals surface area contributed by atoms with Crippen molar-refractivity contribution in [3.8, 4) is 0 Å². The summed E-state index contributed by atoms with van der Waals surface area (Å²) >= 11 is 0. The second-order valence-electron chi connectivity index (χ2n) is 5.28. The van der Waals surface area contributed by atoms with E-state index >= 15 is 0 Å². The van der Waals surface area contributed by atoms with Crippen LogP contribution >= 0.6 is 0 Å². The zero-order chi connectivity index (χ0) is 11.5. The monoisotopic (exact) mass is 231 g/mol. The standard InChI is InChI=1S/C15H21NO/c1-3-7-12(8-4-1)14-11-17-15(16-14)13-9-5-2-6-10-13/h1,3-4,7-8,13-16H,2,5-6,9-11H2/t14-,15?/m0/s1. The van der Waals surface area contributed by atoms with Crippen LogP contribution in [0.3, 0.4) is 0 Å². The lowest BCUT2D eigenvalue weighted by Gasteiger charge is -2.27. The maximum atomic E-state index is 5.95. The zero-order valence-electron chi connectivity index (χ0n) is 10.3. The van der Waals surface area contributed by atoms with Crippen LogP contribution < -0.4 is 5.32 Å². The predicted molar refractivity (Wildman–Crippen MR) is 68.6 cm³/mol. The Hall–Kier alpha value is -0.860. The molecule has 1 saturated carbocycles. The van der Waals surface area contributed by atoms with E-state index in [9.17, 15) is 0 Å². The van der Waals surface area contributed by atoms with Gasteiger partial charge in [-0.05, 0) is 24.3 Å². The summed E-state index contributed by atoms with van der Waals surface area (Å²) in [6.45, 7) is 0.825. The molecule has 0 amide bonds. The molecule has 92 valence electrons. The third kappa shape index (κ3) is 2.53. The highest BCUT2D eigenvalue weighted by Gasteiger charge is 2.32. The molecule has 2 fully saturated rings. The molecule has 1 heterocycles. The first kappa shape index (κ1) is 11.2. The second kappa shape index (κ2) is 5.19. The molecule has 2 atom stereocenters. The van der Waals surface area contributed by atoms with E-state index in [-0.39, 0.29) is 0 Å². The van der Waals surface area contributed by atoms with Crippen LogP contribution in [0, 0.1) is 5.92 Å². The van der Waals surface area contributed by atoms with Gasteiger partial charge in [0.1, 0.15) is 6.23 Å². The van der Waals surface area contributed by atoms with Gasteiger partial charge in [0.15, 0.2) is 0 Å². The van der Waals surface area contributed by atoms with Gasteiger partial charge in [-0.2, -0.15) is 0 Å². The van der Waals surface area contributed by atoms with Crippen molar-refractivity contribution in [3.05, 3.63) is 35.9 Å². The van der Waals surface area contributed by atoms with Gasteiger partial charge in [0, 0.05) is 0 Å². The van der Waals surface area contributed by atoms with Crippen molar-refractivity contribution >= 4 is 0 Å². The van der Waals surface area contributed by atoms with Crippen molar-refractivity contribution < 1.29 is 4.74 Å². The van der Waals surface area contributed by atoms with Crippen molar-refractivity contribution in [1.82, 2.24) is 5.32 Å². The number of nitrogens with one attached hydrogen (secondary N) is 1. The van der Waals surface area contributed by atoms with Gasteiger partial charge >= 0.3 is 0 Å². The Bertz CT molecular complexity index is 345. The molecule has 1 N–H and O–H groups in total. The van der Waals surface area contributed by atoms with Gasteiger partial charge in [-0.15, -0.1) is 0 Å². The molecule has 0 spiro atoms. The molecule has 1 unspecified atom stereocenters. The maximum absolute atomic E-state index is 5.95. The molecule has 1 aliphatic carbocycles. The summed E-state index contributed by atoms with van der Waals surface area (Å²) in [7, 11) is 0. The van der Waals surface area contributed by atoms with Gasteiger partial charge in [0.05, 0.1) is 12.6 Å². The lowest BCUT2D eigenvalue weighted by molar-refractivity contribution is 0.0366.